The van der Waals surface area contributed by atoms with E-state index in [0.29, 0.717) is 46.1 Å². The summed E-state index contributed by atoms with van der Waals surface area (Å²) in [4.78, 5) is 31.7. The lowest BCUT2D eigenvalue weighted by atomic mass is 9.95. The number of hydrogen-bond donors (Lipinski definition) is 0. The fourth-order valence-corrected chi connectivity index (χ4v) is 13.2. The van der Waals surface area contributed by atoms with E-state index in [4.69, 9.17) is 29.9 Å². The second-order valence-corrected chi connectivity index (χ2v) is 23.7. The Hall–Kier alpha value is -13.5. The molecule has 0 bridgehead atoms. The summed E-state index contributed by atoms with van der Waals surface area (Å²) in [6.07, 6.45) is 0. The number of nitriles is 2. The van der Waals surface area contributed by atoms with E-state index in [-0.39, 0.29) is 0 Å². The van der Waals surface area contributed by atoms with Gasteiger partial charge in [-0.15, -0.1) is 0 Å². The zero-order valence-corrected chi connectivity index (χ0v) is 51.5. The molecule has 446 valence electrons. The third kappa shape index (κ3) is 10.4. The maximum atomic E-state index is 9.63. The van der Waals surface area contributed by atoms with Gasteiger partial charge in [-0.1, -0.05) is 218 Å². The molecule has 96 heavy (non-hydrogen) atoms. The summed E-state index contributed by atoms with van der Waals surface area (Å²) >= 11 is 0. The van der Waals surface area contributed by atoms with Crippen LogP contribution >= 0.6 is 0 Å². The van der Waals surface area contributed by atoms with E-state index in [1.807, 2.05) is 170 Å². The van der Waals surface area contributed by atoms with Gasteiger partial charge in [-0.25, -0.2) is 29.9 Å². The number of aromatic nitrogens is 8. The fraction of sp³-hybridized carbons (Fsp3) is 0. The normalized spacial score (nSPS) is 11.3. The first-order chi connectivity index (χ1) is 47.4. The molecule has 0 fully saturated rings. The lowest BCUT2D eigenvalue weighted by molar-refractivity contribution is 1.06. The Bertz CT molecular complexity index is 5830. The first-order valence-electron chi connectivity index (χ1n) is 31.7. The first-order valence-corrected chi connectivity index (χ1v) is 31.7. The monoisotopic (exact) mass is 1220 g/mol. The molecule has 0 spiro atoms. The highest BCUT2D eigenvalue weighted by Crippen LogP contribution is 2.43. The van der Waals surface area contributed by atoms with Gasteiger partial charge in [0.1, 0.15) is 0 Å². The average Bonchev–Trinajstić information content (AvgIpc) is 1.61. The van der Waals surface area contributed by atoms with E-state index in [0.717, 1.165) is 133 Å². The number of para-hydroxylation sites is 2. The lowest BCUT2D eigenvalue weighted by Crippen LogP contribution is -2.04. The number of nitrogens with zero attached hydrogens (tertiary/aromatic N) is 10. The fourth-order valence-electron chi connectivity index (χ4n) is 13.2. The zero-order chi connectivity index (χ0) is 64.1. The Balaban J connectivity index is 0.876. The molecule has 10 heteroatoms. The van der Waals surface area contributed by atoms with Crippen LogP contribution in [0.5, 0.6) is 0 Å². The minimum absolute atomic E-state index is 0.519. The third-order valence-corrected chi connectivity index (χ3v) is 17.9. The highest BCUT2D eigenvalue weighted by Gasteiger charge is 2.23. The summed E-state index contributed by atoms with van der Waals surface area (Å²) in [5.41, 5.74) is 20.3. The van der Waals surface area contributed by atoms with Crippen LogP contribution in [0.3, 0.4) is 0 Å². The Labute approximate surface area is 553 Å². The van der Waals surface area contributed by atoms with Crippen molar-refractivity contribution in [1.82, 2.24) is 39.0 Å². The molecule has 0 atom stereocenters. The Morgan fingerprint density at radius 2 is 0.552 bits per heavy atom. The minimum atomic E-state index is 0.519. The van der Waals surface area contributed by atoms with E-state index in [2.05, 4.69) is 167 Å². The molecule has 0 unspecified atom stereocenters. The molecule has 0 aliphatic rings. The molecule has 0 aliphatic heterocycles. The van der Waals surface area contributed by atoms with Gasteiger partial charge >= 0.3 is 0 Å². The number of rotatable bonds is 12. The van der Waals surface area contributed by atoms with Gasteiger partial charge in [-0.05, 0) is 142 Å². The van der Waals surface area contributed by atoms with Crippen molar-refractivity contribution in [2.45, 2.75) is 0 Å². The molecular weight excluding hydrogens is 1170 g/mol. The molecule has 4 aromatic heterocycles. The van der Waals surface area contributed by atoms with Gasteiger partial charge in [-0.2, -0.15) is 10.5 Å². The van der Waals surface area contributed by atoms with Gasteiger partial charge < -0.3 is 9.13 Å². The van der Waals surface area contributed by atoms with Crippen molar-refractivity contribution in [2.24, 2.45) is 0 Å². The topological polar surface area (TPSA) is 135 Å². The van der Waals surface area contributed by atoms with Crippen LogP contribution in [-0.4, -0.2) is 39.0 Å². The summed E-state index contributed by atoms with van der Waals surface area (Å²) in [5, 5.41) is 23.6. The number of benzene rings is 13. The SMILES string of the molecule is N#Cc1ccc(-c2ccc3c(c2)c2ccccc2n3-c2cc(-c3cccc(-c4ccc(-n5c6ccccc6c6cc(-c7ccc(C#N)cc7)ccc65)c(-c5nc(-c6ccccc6)nc(-c6ccccc6)n5)c4)c3)cc(-c3nc(-c4ccccc4)nc(-c4ccccc4)n3)c2)cc1. The van der Waals surface area contributed by atoms with Crippen molar-refractivity contribution in [1.29, 1.82) is 10.5 Å². The van der Waals surface area contributed by atoms with Crippen molar-refractivity contribution >= 4 is 43.6 Å². The molecule has 0 saturated carbocycles. The van der Waals surface area contributed by atoms with Crippen LogP contribution in [0.1, 0.15) is 11.1 Å². The molecule has 0 N–H and O–H groups in total. The average molecular weight is 1230 g/mol. The lowest BCUT2D eigenvalue weighted by Gasteiger charge is -2.17. The summed E-state index contributed by atoms with van der Waals surface area (Å²) in [6, 6.07) is 113. The predicted molar refractivity (Wildman–Crippen MR) is 386 cm³/mol. The van der Waals surface area contributed by atoms with E-state index in [1.165, 1.54) is 0 Å². The van der Waals surface area contributed by atoms with Crippen molar-refractivity contribution in [2.75, 3.05) is 0 Å². The van der Waals surface area contributed by atoms with Gasteiger partial charge in [0.2, 0.25) is 0 Å². The van der Waals surface area contributed by atoms with Crippen LogP contribution in [-0.2, 0) is 0 Å². The predicted octanol–water partition coefficient (Wildman–Crippen LogP) is 20.7. The van der Waals surface area contributed by atoms with E-state index in [1.54, 1.807) is 0 Å². The van der Waals surface area contributed by atoms with Crippen molar-refractivity contribution in [3.05, 3.63) is 327 Å². The van der Waals surface area contributed by atoms with E-state index < -0.39 is 0 Å². The van der Waals surface area contributed by atoms with Gasteiger partial charge in [0.25, 0.3) is 0 Å². The van der Waals surface area contributed by atoms with Gasteiger partial charge in [0.05, 0.1) is 51.0 Å². The molecule has 4 heterocycles. The first kappa shape index (κ1) is 56.4. The third-order valence-electron chi connectivity index (χ3n) is 17.9. The second-order valence-electron chi connectivity index (χ2n) is 23.7. The molecule has 17 rings (SSSR count). The maximum Gasteiger partial charge on any atom is 0.166 e. The van der Waals surface area contributed by atoms with Crippen LogP contribution in [0, 0.1) is 22.7 Å². The number of hydrogen-bond acceptors (Lipinski definition) is 8. The Morgan fingerprint density at radius 3 is 1.03 bits per heavy atom. The molecule has 13 aromatic carbocycles. The van der Waals surface area contributed by atoms with E-state index in [9.17, 15) is 10.5 Å². The van der Waals surface area contributed by atoms with Gasteiger partial charge in [-0.3, -0.25) is 0 Å². The molecule has 10 nitrogen and oxygen atoms in total. The minimum Gasteiger partial charge on any atom is -0.309 e. The van der Waals surface area contributed by atoms with Crippen molar-refractivity contribution in [3.8, 4) is 136 Å². The molecule has 0 radical (unpaired) electrons. The highest BCUT2D eigenvalue weighted by molar-refractivity contribution is 6.12. The highest BCUT2D eigenvalue weighted by atomic mass is 15.1. The molecule has 0 amide bonds. The van der Waals surface area contributed by atoms with E-state index >= 15 is 0 Å². The molecule has 17 aromatic rings. The van der Waals surface area contributed by atoms with Crippen LogP contribution in [0.25, 0.3) is 168 Å². The quantitative estimate of drug-likeness (QED) is 0.118. The van der Waals surface area contributed by atoms with Crippen molar-refractivity contribution < 1.29 is 0 Å². The standard InChI is InChI=1S/C86H52N10/c87-53-55-32-36-57(37-33-55)65-40-43-78-73(50-65)71-28-13-15-30-76(71)95(78)70-48-68(47-69(49-70)85-91-81(59-18-5-1-6-19-59)89-82(92-85)60-20-7-2-8-21-60)64-27-17-26-63(46-64)67-42-45-80(75(52-67)86-93-83(61-22-9-3-10-23-61)90-84(94-86)62-24-11-4-12-25-62)96-77-31-16-14-29-72(77)74-51-66(41-44-79(74)96)58-38-34-56(54-88)35-39-58/h1-52H. The Kier molecular flexibility index (Phi) is 14.1. The second kappa shape index (κ2) is 23.9. The summed E-state index contributed by atoms with van der Waals surface area (Å²) in [7, 11) is 0. The van der Waals surface area contributed by atoms with Crippen LogP contribution in [0.4, 0.5) is 0 Å². The summed E-state index contributed by atoms with van der Waals surface area (Å²) < 4.78 is 4.68. The summed E-state index contributed by atoms with van der Waals surface area (Å²) in [6.45, 7) is 0. The van der Waals surface area contributed by atoms with Gasteiger partial charge in [0, 0.05) is 60.6 Å². The van der Waals surface area contributed by atoms with Crippen LogP contribution in [0.15, 0.2) is 315 Å². The maximum absolute atomic E-state index is 9.63. The largest absolute Gasteiger partial charge is 0.309 e. The molecular formula is C86H52N10. The van der Waals surface area contributed by atoms with Crippen molar-refractivity contribution in [3.63, 3.8) is 0 Å². The van der Waals surface area contributed by atoms with Gasteiger partial charge in [0.15, 0.2) is 34.9 Å². The summed E-state index contributed by atoms with van der Waals surface area (Å²) in [5.74, 6) is 3.30. The smallest absolute Gasteiger partial charge is 0.166 e. The molecule has 0 aliphatic carbocycles. The Morgan fingerprint density at radius 1 is 0.219 bits per heavy atom. The molecule has 0 saturated heterocycles. The number of fused-ring (bicyclic) bond motifs is 6. The van der Waals surface area contributed by atoms with Crippen LogP contribution in [0.2, 0.25) is 0 Å². The zero-order valence-electron chi connectivity index (χ0n) is 51.5. The van der Waals surface area contributed by atoms with Crippen LogP contribution < -0.4 is 0 Å².